The summed E-state index contributed by atoms with van der Waals surface area (Å²) in [5.41, 5.74) is 0. The Hall–Kier alpha value is -0.120. The number of hydrogen-bond donors (Lipinski definition) is 1. The van der Waals surface area contributed by atoms with E-state index in [4.69, 9.17) is 39.9 Å². The van der Waals surface area contributed by atoms with Gasteiger partial charge in [-0.15, -0.1) is 0 Å². The smallest absolute Gasteiger partial charge is 0.449 e. The van der Waals surface area contributed by atoms with Crippen molar-refractivity contribution in [3.8, 4) is 0 Å². The van der Waals surface area contributed by atoms with Crippen molar-refractivity contribution in [1.82, 2.24) is 0 Å². The van der Waals surface area contributed by atoms with Crippen molar-refractivity contribution in [3.63, 3.8) is 0 Å². The summed E-state index contributed by atoms with van der Waals surface area (Å²) in [6.45, 7) is 0. The van der Waals surface area contributed by atoms with Gasteiger partial charge in [0.1, 0.15) is 0 Å². The molecule has 0 aliphatic carbocycles. The molecule has 3 nitrogen and oxygen atoms in total. The molecule has 11 heavy (non-hydrogen) atoms. The molecule has 0 radical (unpaired) electrons. The zero-order valence-electron chi connectivity index (χ0n) is 5.26. The highest BCUT2D eigenvalue weighted by atomic mass is 35.6. The highest BCUT2D eigenvalue weighted by Crippen LogP contribution is 2.30. The Morgan fingerprint density at radius 2 is 2.09 bits per heavy atom. The summed E-state index contributed by atoms with van der Waals surface area (Å²) < 4.78 is 2.59. The van der Waals surface area contributed by atoms with Gasteiger partial charge in [-0.3, -0.25) is 0 Å². The molecule has 0 aromatic rings. The normalized spacial score (nSPS) is 11.9. The Labute approximate surface area is 78.5 Å². The third-order valence-electron chi connectivity index (χ3n) is 0.614. The van der Waals surface area contributed by atoms with Crippen LogP contribution in [0.15, 0.2) is 12.3 Å². The monoisotopic (exact) mass is 218 g/mol. The second kappa shape index (κ2) is 4.70. The average Bonchev–Trinajstić information content (AvgIpc) is 1.78. The van der Waals surface area contributed by atoms with Crippen molar-refractivity contribution in [2.24, 2.45) is 0 Å². The number of hydrogen-bond acceptors (Lipinski definition) is 2. The van der Waals surface area contributed by atoms with E-state index in [-0.39, 0.29) is 6.42 Å². The van der Waals surface area contributed by atoms with Crippen LogP contribution in [0.5, 0.6) is 0 Å². The third kappa shape index (κ3) is 9.88. The van der Waals surface area contributed by atoms with Crippen molar-refractivity contribution in [2.45, 2.75) is 10.2 Å². The standard InChI is InChI=1S/C5H5Cl3O3/c6-5(7,8)2-1-3-11-4(9)10/h1,3H,2H2,(H,9,10). The molecular formula is C5H5Cl3O3. The first-order valence-electron chi connectivity index (χ1n) is 2.53. The molecule has 0 amide bonds. The van der Waals surface area contributed by atoms with Crippen LogP contribution < -0.4 is 0 Å². The van der Waals surface area contributed by atoms with Gasteiger partial charge in [0.25, 0.3) is 0 Å². The predicted molar refractivity (Wildman–Crippen MR) is 43.2 cm³/mol. The minimum absolute atomic E-state index is 0.102. The van der Waals surface area contributed by atoms with Gasteiger partial charge >= 0.3 is 6.16 Å². The second-order valence-corrected chi connectivity index (χ2v) is 4.09. The molecule has 0 spiro atoms. The van der Waals surface area contributed by atoms with Crippen LogP contribution in [-0.2, 0) is 4.74 Å². The molecule has 0 fully saturated rings. The maximum atomic E-state index is 9.75. The van der Waals surface area contributed by atoms with Gasteiger partial charge in [0, 0.05) is 6.42 Å². The summed E-state index contributed by atoms with van der Waals surface area (Å²) in [7, 11) is 0. The van der Waals surface area contributed by atoms with Gasteiger partial charge in [0.05, 0.1) is 6.26 Å². The molecule has 64 valence electrons. The molecule has 0 rings (SSSR count). The van der Waals surface area contributed by atoms with Crippen molar-refractivity contribution in [3.05, 3.63) is 12.3 Å². The lowest BCUT2D eigenvalue weighted by atomic mass is 10.5. The van der Waals surface area contributed by atoms with Gasteiger partial charge in [-0.1, -0.05) is 34.8 Å². The largest absolute Gasteiger partial charge is 0.510 e. The van der Waals surface area contributed by atoms with E-state index in [2.05, 4.69) is 4.74 Å². The summed E-state index contributed by atoms with van der Waals surface area (Å²) in [5.74, 6) is 0. The maximum Gasteiger partial charge on any atom is 0.510 e. The third-order valence-corrected chi connectivity index (χ3v) is 1.08. The van der Waals surface area contributed by atoms with Crippen molar-refractivity contribution < 1.29 is 14.6 Å². The Balaban J connectivity index is 3.53. The number of alkyl halides is 3. The SMILES string of the molecule is O=C(O)OC=CCC(Cl)(Cl)Cl. The van der Waals surface area contributed by atoms with Crippen molar-refractivity contribution in [2.75, 3.05) is 0 Å². The number of halogens is 3. The summed E-state index contributed by atoms with van der Waals surface area (Å²) in [6, 6.07) is 0. The van der Waals surface area contributed by atoms with Gasteiger partial charge < -0.3 is 9.84 Å². The first-order valence-corrected chi connectivity index (χ1v) is 3.66. The molecule has 0 aliphatic rings. The van der Waals surface area contributed by atoms with E-state index in [0.717, 1.165) is 6.26 Å². The summed E-state index contributed by atoms with van der Waals surface area (Å²) in [5, 5.41) is 7.97. The van der Waals surface area contributed by atoms with E-state index in [1.807, 2.05) is 0 Å². The first-order chi connectivity index (χ1) is 4.92. The highest BCUT2D eigenvalue weighted by molar-refractivity contribution is 6.67. The molecule has 0 heterocycles. The molecule has 0 unspecified atom stereocenters. The van der Waals surface area contributed by atoms with Crippen LogP contribution in [0.2, 0.25) is 0 Å². The van der Waals surface area contributed by atoms with E-state index < -0.39 is 9.95 Å². The number of carbonyl (C=O) groups is 1. The molecule has 1 N–H and O–H groups in total. The maximum absolute atomic E-state index is 9.75. The Kier molecular flexibility index (Phi) is 4.65. The number of rotatable bonds is 2. The molecule has 0 atom stereocenters. The van der Waals surface area contributed by atoms with E-state index in [0.29, 0.717) is 0 Å². The van der Waals surface area contributed by atoms with Crippen LogP contribution in [0.4, 0.5) is 4.79 Å². The fraction of sp³-hybridized carbons (Fsp3) is 0.400. The van der Waals surface area contributed by atoms with E-state index in [9.17, 15) is 4.79 Å². The number of ether oxygens (including phenoxy) is 1. The highest BCUT2D eigenvalue weighted by Gasteiger charge is 2.16. The minimum atomic E-state index is -1.40. The van der Waals surface area contributed by atoms with Crippen LogP contribution in [-0.4, -0.2) is 15.1 Å². The molecule has 0 aromatic heterocycles. The van der Waals surface area contributed by atoms with Crippen molar-refractivity contribution in [1.29, 1.82) is 0 Å². The lowest BCUT2D eigenvalue weighted by Crippen LogP contribution is -1.99. The van der Waals surface area contributed by atoms with E-state index >= 15 is 0 Å². The molecule has 0 aromatic carbocycles. The molecule has 0 saturated heterocycles. The lowest BCUT2D eigenvalue weighted by Gasteiger charge is -2.04. The lowest BCUT2D eigenvalue weighted by molar-refractivity contribution is 0.128. The molecular weight excluding hydrogens is 214 g/mol. The van der Waals surface area contributed by atoms with E-state index in [1.165, 1.54) is 6.08 Å². The van der Waals surface area contributed by atoms with Gasteiger partial charge in [0.15, 0.2) is 3.79 Å². The van der Waals surface area contributed by atoms with Gasteiger partial charge in [0.2, 0.25) is 0 Å². The van der Waals surface area contributed by atoms with E-state index in [1.54, 1.807) is 0 Å². The van der Waals surface area contributed by atoms with Crippen LogP contribution in [0.25, 0.3) is 0 Å². The summed E-state index contributed by atoms with van der Waals surface area (Å²) in [4.78, 5) is 9.75. The summed E-state index contributed by atoms with van der Waals surface area (Å²) >= 11 is 16.0. The first kappa shape index (κ1) is 10.9. The molecule has 0 aliphatic heterocycles. The van der Waals surface area contributed by atoms with Gasteiger partial charge in [-0.05, 0) is 6.08 Å². The van der Waals surface area contributed by atoms with Gasteiger partial charge in [-0.2, -0.15) is 0 Å². The van der Waals surface area contributed by atoms with Gasteiger partial charge in [-0.25, -0.2) is 4.79 Å². The fourth-order valence-electron chi connectivity index (χ4n) is 0.288. The minimum Gasteiger partial charge on any atom is -0.449 e. The van der Waals surface area contributed by atoms with Crippen LogP contribution in [0.3, 0.4) is 0 Å². The fourth-order valence-corrected chi connectivity index (χ4v) is 0.555. The van der Waals surface area contributed by atoms with Crippen LogP contribution in [0, 0.1) is 0 Å². The molecule has 0 bridgehead atoms. The zero-order valence-corrected chi connectivity index (χ0v) is 7.53. The predicted octanol–water partition coefficient (Wildman–Crippen LogP) is 2.96. The Bertz CT molecular complexity index is 161. The zero-order chi connectivity index (χ0) is 8.91. The molecule has 6 heteroatoms. The van der Waals surface area contributed by atoms with Crippen LogP contribution >= 0.6 is 34.8 Å². The molecule has 0 saturated carbocycles. The Morgan fingerprint density at radius 1 is 1.55 bits per heavy atom. The number of carboxylic acid groups (broad SMARTS) is 1. The number of allylic oxidation sites excluding steroid dienone is 1. The summed E-state index contributed by atoms with van der Waals surface area (Å²) in [6.07, 6.45) is 0.960. The topological polar surface area (TPSA) is 46.5 Å². The van der Waals surface area contributed by atoms with Crippen molar-refractivity contribution >= 4 is 41.0 Å². The second-order valence-electron chi connectivity index (χ2n) is 1.57. The van der Waals surface area contributed by atoms with Crippen LogP contribution in [0.1, 0.15) is 6.42 Å². The quantitative estimate of drug-likeness (QED) is 0.441. The Morgan fingerprint density at radius 3 is 2.45 bits per heavy atom. The average molecular weight is 219 g/mol.